The number of imide groups is 1. The number of nitrogens with zero attached hydrogens (tertiary/aromatic N) is 4. The highest BCUT2D eigenvalue weighted by Crippen LogP contribution is 2.54. The third-order valence-corrected chi connectivity index (χ3v) is 10.2. The molecule has 0 saturated carbocycles. The fourth-order valence-corrected chi connectivity index (χ4v) is 8.23. The molecule has 3 heterocycles. The van der Waals surface area contributed by atoms with Crippen molar-refractivity contribution in [3.05, 3.63) is 103 Å². The lowest BCUT2D eigenvalue weighted by Crippen LogP contribution is -2.33. The molecule has 1 saturated heterocycles. The van der Waals surface area contributed by atoms with E-state index in [2.05, 4.69) is 5.32 Å². The van der Waals surface area contributed by atoms with Gasteiger partial charge in [-0.05, 0) is 54.1 Å². The van der Waals surface area contributed by atoms with Crippen LogP contribution in [0.4, 0.5) is 22.7 Å². The minimum Gasteiger partial charge on any atom is -0.508 e. The summed E-state index contributed by atoms with van der Waals surface area (Å²) in [5, 5.41) is 22.9. The Kier molecular flexibility index (Phi) is 7.47. The molecule has 0 aliphatic carbocycles. The van der Waals surface area contributed by atoms with E-state index in [-0.39, 0.29) is 23.7 Å². The lowest BCUT2D eigenvalue weighted by atomic mass is 9.83. The van der Waals surface area contributed by atoms with Crippen LogP contribution in [0.2, 0.25) is 0 Å². The van der Waals surface area contributed by atoms with Crippen molar-refractivity contribution in [1.82, 2.24) is 4.57 Å². The summed E-state index contributed by atoms with van der Waals surface area (Å²) in [4.78, 5) is 68.0. The Bertz CT molecular complexity index is 1850. The maximum absolute atomic E-state index is 14.0. The number of anilines is 3. The van der Waals surface area contributed by atoms with Gasteiger partial charge in [0.1, 0.15) is 17.5 Å². The molecular formula is C30H25N5O7S2. The number of hydrogen-bond acceptors (Lipinski definition) is 10. The number of amides is 3. The molecule has 4 aromatic rings. The minimum atomic E-state index is -0.899. The number of aromatic nitrogens is 1. The van der Waals surface area contributed by atoms with Crippen LogP contribution in [-0.2, 0) is 20.9 Å². The number of phenolic OH excluding ortho intramolecular Hbond substituents is 1. The summed E-state index contributed by atoms with van der Waals surface area (Å²) in [7, 11) is 3.80. The van der Waals surface area contributed by atoms with Gasteiger partial charge in [-0.15, -0.1) is 0 Å². The van der Waals surface area contributed by atoms with Crippen LogP contribution >= 0.6 is 23.1 Å². The number of non-ortho nitro benzene ring substituents is 1. The maximum atomic E-state index is 14.0. The van der Waals surface area contributed by atoms with Crippen molar-refractivity contribution in [2.45, 2.75) is 22.7 Å². The highest BCUT2D eigenvalue weighted by molar-refractivity contribution is 8.00. The van der Waals surface area contributed by atoms with Crippen molar-refractivity contribution >= 4 is 63.6 Å². The van der Waals surface area contributed by atoms with Crippen LogP contribution in [0, 0.1) is 16.0 Å². The third-order valence-electron chi connectivity index (χ3n) is 7.59. The quantitative estimate of drug-likeness (QED) is 0.133. The summed E-state index contributed by atoms with van der Waals surface area (Å²) in [6.07, 6.45) is 0. The van der Waals surface area contributed by atoms with E-state index in [0.717, 1.165) is 39.2 Å². The Balaban J connectivity index is 1.40. The van der Waals surface area contributed by atoms with E-state index < -0.39 is 44.6 Å². The molecule has 3 amide bonds. The highest BCUT2D eigenvalue weighted by atomic mass is 32.2. The number of rotatable bonds is 7. The summed E-state index contributed by atoms with van der Waals surface area (Å²) in [6, 6.07) is 18.7. The molecule has 3 unspecified atom stereocenters. The number of nitro benzene ring substituents is 1. The highest BCUT2D eigenvalue weighted by Gasteiger charge is 2.56. The summed E-state index contributed by atoms with van der Waals surface area (Å²) in [5.41, 5.74) is 2.15. The molecule has 0 spiro atoms. The average molecular weight is 632 g/mol. The molecule has 3 atom stereocenters. The van der Waals surface area contributed by atoms with E-state index in [0.29, 0.717) is 15.6 Å². The number of nitrogens with one attached hydrogen (secondary N) is 1. The summed E-state index contributed by atoms with van der Waals surface area (Å²) in [5.74, 6) is -2.90. The maximum Gasteiger partial charge on any atom is 0.308 e. The fourth-order valence-electron chi connectivity index (χ4n) is 5.46. The lowest BCUT2D eigenvalue weighted by molar-refractivity contribution is -0.384. The van der Waals surface area contributed by atoms with Gasteiger partial charge in [0, 0.05) is 48.4 Å². The minimum absolute atomic E-state index is 0.0419. The second-order valence-corrected chi connectivity index (χ2v) is 12.7. The third kappa shape index (κ3) is 5.11. The molecule has 2 aliphatic heterocycles. The number of phenols is 1. The van der Waals surface area contributed by atoms with Crippen LogP contribution < -0.4 is 20.0 Å². The molecule has 224 valence electrons. The van der Waals surface area contributed by atoms with Crippen molar-refractivity contribution in [2.24, 2.45) is 5.92 Å². The zero-order chi connectivity index (χ0) is 31.3. The van der Waals surface area contributed by atoms with E-state index in [1.54, 1.807) is 0 Å². The summed E-state index contributed by atoms with van der Waals surface area (Å²) >= 11 is 2.02. The normalized spacial score (nSPS) is 19.0. The molecule has 1 aromatic heterocycles. The first-order chi connectivity index (χ1) is 21.0. The van der Waals surface area contributed by atoms with Crippen LogP contribution in [-0.4, -0.2) is 51.7 Å². The first-order valence-electron chi connectivity index (χ1n) is 13.4. The molecule has 44 heavy (non-hydrogen) atoms. The van der Waals surface area contributed by atoms with E-state index in [1.807, 2.05) is 43.3 Å². The van der Waals surface area contributed by atoms with E-state index >= 15 is 0 Å². The van der Waals surface area contributed by atoms with Crippen LogP contribution in [0.3, 0.4) is 0 Å². The number of fused-ring (bicyclic) bond motifs is 2. The van der Waals surface area contributed by atoms with Crippen molar-refractivity contribution in [1.29, 1.82) is 0 Å². The van der Waals surface area contributed by atoms with Crippen molar-refractivity contribution in [3.63, 3.8) is 0 Å². The number of thioether (sulfide) groups is 1. The number of benzene rings is 3. The zero-order valence-electron chi connectivity index (χ0n) is 23.4. The van der Waals surface area contributed by atoms with E-state index in [1.165, 1.54) is 53.1 Å². The average Bonchev–Trinajstić information content (AvgIpc) is 3.44. The van der Waals surface area contributed by atoms with Gasteiger partial charge in [-0.3, -0.25) is 33.9 Å². The van der Waals surface area contributed by atoms with Gasteiger partial charge in [0.15, 0.2) is 0 Å². The van der Waals surface area contributed by atoms with Crippen LogP contribution in [0.1, 0.15) is 16.4 Å². The molecule has 0 radical (unpaired) electrons. The molecular weight excluding hydrogens is 606 g/mol. The SMILES string of the molecule is CN(C)c1ccc(C2c3sc(=O)n(CC(=O)Nc4ccc(O)cc4)c3SC3C(=O)N(c4ccc([N+](=O)[O-])cc4)C(=O)C32)cc1. The fraction of sp³-hybridized carbons (Fsp3) is 0.200. The van der Waals surface area contributed by atoms with Gasteiger partial charge in [-0.1, -0.05) is 35.2 Å². The topological polar surface area (TPSA) is 155 Å². The molecule has 2 aliphatic rings. The number of carbonyl (C=O) groups excluding carboxylic acids is 3. The lowest BCUT2D eigenvalue weighted by Gasteiger charge is -2.31. The zero-order valence-corrected chi connectivity index (χ0v) is 25.0. The Morgan fingerprint density at radius 3 is 2.25 bits per heavy atom. The van der Waals surface area contributed by atoms with Gasteiger partial charge in [0.05, 0.1) is 21.6 Å². The predicted octanol–water partition coefficient (Wildman–Crippen LogP) is 4.02. The number of carbonyl (C=O) groups is 3. The molecule has 6 rings (SSSR count). The summed E-state index contributed by atoms with van der Waals surface area (Å²) in [6.45, 7) is -0.323. The predicted molar refractivity (Wildman–Crippen MR) is 167 cm³/mol. The Morgan fingerprint density at radius 2 is 1.64 bits per heavy atom. The molecule has 12 nitrogen and oxygen atoms in total. The molecule has 14 heteroatoms. The first kappa shape index (κ1) is 29.1. The number of nitro groups is 1. The smallest absolute Gasteiger partial charge is 0.308 e. The van der Waals surface area contributed by atoms with Gasteiger partial charge >= 0.3 is 4.87 Å². The molecule has 1 fully saturated rings. The standard InChI is InChI=1S/C30H25N5O7S2/c1-32(2)18-7-3-16(4-8-18)23-24-25(28(39)34(27(24)38)19-9-11-20(12-10-19)35(41)42)43-29-26(23)44-30(40)33(29)15-22(37)31-17-5-13-21(36)14-6-17/h3-14,23-25,36H,15H2,1-2H3,(H,31,37). The second kappa shape index (κ2) is 11.3. The van der Waals surface area contributed by atoms with Gasteiger partial charge in [0.2, 0.25) is 17.7 Å². The van der Waals surface area contributed by atoms with Gasteiger partial charge < -0.3 is 15.3 Å². The number of thiazole rings is 1. The number of aromatic hydroxyl groups is 1. The van der Waals surface area contributed by atoms with Gasteiger partial charge in [-0.25, -0.2) is 4.90 Å². The van der Waals surface area contributed by atoms with Crippen LogP contribution in [0.15, 0.2) is 82.6 Å². The number of hydrogen-bond donors (Lipinski definition) is 2. The Hall–Kier alpha value is -4.95. The largest absolute Gasteiger partial charge is 0.508 e. The van der Waals surface area contributed by atoms with Crippen LogP contribution in [0.25, 0.3) is 0 Å². The monoisotopic (exact) mass is 631 g/mol. The van der Waals surface area contributed by atoms with Gasteiger partial charge in [0.25, 0.3) is 5.69 Å². The molecule has 2 N–H and O–H groups in total. The molecule has 3 aromatic carbocycles. The summed E-state index contributed by atoms with van der Waals surface area (Å²) < 4.78 is 1.32. The second-order valence-electron chi connectivity index (χ2n) is 10.5. The van der Waals surface area contributed by atoms with Gasteiger partial charge in [-0.2, -0.15) is 0 Å². The van der Waals surface area contributed by atoms with Crippen molar-refractivity contribution < 1.29 is 24.4 Å². The van der Waals surface area contributed by atoms with E-state index in [9.17, 15) is 34.4 Å². The first-order valence-corrected chi connectivity index (χ1v) is 15.1. The van der Waals surface area contributed by atoms with Crippen LogP contribution in [0.5, 0.6) is 5.75 Å². The Morgan fingerprint density at radius 1 is 0.977 bits per heavy atom. The Labute approximate surface area is 258 Å². The molecule has 0 bridgehead atoms. The van der Waals surface area contributed by atoms with Crippen molar-refractivity contribution in [3.8, 4) is 5.75 Å². The van der Waals surface area contributed by atoms with E-state index in [4.69, 9.17) is 0 Å². The van der Waals surface area contributed by atoms with Crippen molar-refractivity contribution in [2.75, 3.05) is 29.2 Å².